The van der Waals surface area contributed by atoms with Gasteiger partial charge in [-0.1, -0.05) is 30.3 Å². The normalized spacial score (nSPS) is 15.1. The molecule has 1 atom stereocenters. The van der Waals surface area contributed by atoms with Crippen LogP contribution < -0.4 is 5.32 Å². The van der Waals surface area contributed by atoms with Crippen LogP contribution in [0.1, 0.15) is 42.8 Å². The monoisotopic (exact) mass is 370 g/mol. The maximum Gasteiger partial charge on any atom is 0.303 e. The zero-order chi connectivity index (χ0) is 19.2. The molecule has 1 aromatic heterocycles. The van der Waals surface area contributed by atoms with E-state index in [0.717, 1.165) is 36.6 Å². The van der Waals surface area contributed by atoms with Gasteiger partial charge in [0.25, 0.3) is 0 Å². The van der Waals surface area contributed by atoms with Crippen LogP contribution in [0.25, 0.3) is 0 Å². The predicted molar refractivity (Wildman–Crippen MR) is 101 cm³/mol. The lowest BCUT2D eigenvalue weighted by molar-refractivity contribution is -0.137. The number of fused-ring (bicyclic) bond motifs is 1. The molecule has 0 unspecified atom stereocenters. The van der Waals surface area contributed by atoms with Gasteiger partial charge in [0.2, 0.25) is 5.91 Å². The number of carboxylic acids is 1. The van der Waals surface area contributed by atoms with E-state index in [1.54, 1.807) is 0 Å². The Labute approximate surface area is 159 Å². The smallest absolute Gasteiger partial charge is 0.303 e. The molecule has 1 aromatic carbocycles. The largest absolute Gasteiger partial charge is 0.481 e. The third-order valence-corrected chi connectivity index (χ3v) is 4.85. The highest BCUT2D eigenvalue weighted by molar-refractivity contribution is 5.76. The summed E-state index contributed by atoms with van der Waals surface area (Å²) in [6.45, 7) is 5.04. The van der Waals surface area contributed by atoms with Crippen molar-refractivity contribution >= 4 is 11.9 Å². The number of carbonyl (C=O) groups is 2. The predicted octanol–water partition coefficient (Wildman–Crippen LogP) is 1.98. The molecule has 0 saturated carbocycles. The maximum absolute atomic E-state index is 12.3. The van der Waals surface area contributed by atoms with Crippen molar-refractivity contribution in [2.75, 3.05) is 13.1 Å². The molecule has 7 nitrogen and oxygen atoms in total. The quantitative estimate of drug-likeness (QED) is 0.742. The topological polar surface area (TPSA) is 87.5 Å². The number of rotatable bonds is 8. The Bertz CT molecular complexity index is 788. The summed E-state index contributed by atoms with van der Waals surface area (Å²) in [5.41, 5.74) is 3.00. The Hall–Kier alpha value is -2.67. The van der Waals surface area contributed by atoms with Crippen LogP contribution in [0.5, 0.6) is 0 Å². The maximum atomic E-state index is 12.3. The fourth-order valence-electron chi connectivity index (χ4n) is 3.33. The second kappa shape index (κ2) is 8.81. The Balaban J connectivity index is 1.45. The van der Waals surface area contributed by atoms with Gasteiger partial charge in [-0.2, -0.15) is 5.10 Å². The number of carbonyl (C=O) groups excluding carboxylic acids is 1. The van der Waals surface area contributed by atoms with E-state index in [2.05, 4.69) is 15.3 Å². The van der Waals surface area contributed by atoms with Crippen molar-refractivity contribution in [3.63, 3.8) is 0 Å². The van der Waals surface area contributed by atoms with E-state index in [1.165, 1.54) is 0 Å². The second-order valence-corrected chi connectivity index (χ2v) is 6.97. The Morgan fingerprint density at radius 3 is 2.74 bits per heavy atom. The number of amides is 1. The number of aryl methyl sites for hydroxylation is 1. The minimum Gasteiger partial charge on any atom is -0.481 e. The Kier molecular flexibility index (Phi) is 6.24. The standard InChI is InChI=1S/C20H26N4O3/c1-15(16-5-3-2-4-6-16)21-19(25)9-10-23-11-12-24-18(14-23)13-17(22-24)7-8-20(26)27/h2-6,13,15H,7-12,14H2,1H3,(H,21,25)(H,26,27)/t15-/m1/s1. The van der Waals surface area contributed by atoms with Crippen LogP contribution in [0.3, 0.4) is 0 Å². The van der Waals surface area contributed by atoms with E-state index in [0.29, 0.717) is 19.4 Å². The lowest BCUT2D eigenvalue weighted by Crippen LogP contribution is -2.37. The average molecular weight is 370 g/mol. The molecule has 2 N–H and O–H groups in total. The highest BCUT2D eigenvalue weighted by Gasteiger charge is 2.19. The zero-order valence-corrected chi connectivity index (χ0v) is 15.6. The molecule has 3 rings (SSSR count). The Morgan fingerprint density at radius 1 is 1.22 bits per heavy atom. The zero-order valence-electron chi connectivity index (χ0n) is 15.6. The number of aliphatic carboxylic acids is 1. The first-order valence-electron chi connectivity index (χ1n) is 9.35. The van der Waals surface area contributed by atoms with Crippen molar-refractivity contribution in [2.45, 2.75) is 45.3 Å². The molecule has 0 aliphatic carbocycles. The summed E-state index contributed by atoms with van der Waals surface area (Å²) in [5.74, 6) is -0.758. The average Bonchev–Trinajstić information content (AvgIpc) is 3.07. The molecule has 0 radical (unpaired) electrons. The molecule has 7 heteroatoms. The van der Waals surface area contributed by atoms with E-state index < -0.39 is 5.97 Å². The summed E-state index contributed by atoms with van der Waals surface area (Å²) in [6.07, 6.45) is 1.01. The molecular formula is C20H26N4O3. The molecular weight excluding hydrogens is 344 g/mol. The van der Waals surface area contributed by atoms with E-state index in [1.807, 2.05) is 48.0 Å². The summed E-state index contributed by atoms with van der Waals surface area (Å²) in [6, 6.07) is 11.9. The van der Waals surface area contributed by atoms with Crippen LogP contribution in [0.4, 0.5) is 0 Å². The third kappa shape index (κ3) is 5.40. The number of nitrogens with zero attached hydrogens (tertiary/aromatic N) is 3. The molecule has 2 aromatic rings. The molecule has 2 heterocycles. The number of aromatic nitrogens is 2. The van der Waals surface area contributed by atoms with Gasteiger partial charge in [0.1, 0.15) is 0 Å². The number of hydrogen-bond donors (Lipinski definition) is 2. The van der Waals surface area contributed by atoms with Gasteiger partial charge in [0, 0.05) is 32.5 Å². The van der Waals surface area contributed by atoms with Crippen LogP contribution in [-0.4, -0.2) is 44.8 Å². The molecule has 0 fully saturated rings. The number of carboxylic acid groups (broad SMARTS) is 1. The van der Waals surface area contributed by atoms with Crippen molar-refractivity contribution in [3.05, 3.63) is 53.3 Å². The third-order valence-electron chi connectivity index (χ3n) is 4.85. The first kappa shape index (κ1) is 19.1. The molecule has 1 aliphatic heterocycles. The van der Waals surface area contributed by atoms with Crippen LogP contribution in [0, 0.1) is 0 Å². The van der Waals surface area contributed by atoms with E-state index in [-0.39, 0.29) is 18.4 Å². The minimum atomic E-state index is -0.807. The second-order valence-electron chi connectivity index (χ2n) is 6.97. The SMILES string of the molecule is C[C@@H](NC(=O)CCN1CCn2nc(CCC(=O)O)cc2C1)c1ccccc1. The van der Waals surface area contributed by atoms with Crippen LogP contribution in [0.2, 0.25) is 0 Å². The van der Waals surface area contributed by atoms with Gasteiger partial charge in [-0.25, -0.2) is 0 Å². The first-order valence-corrected chi connectivity index (χ1v) is 9.35. The van der Waals surface area contributed by atoms with Gasteiger partial charge in [0.05, 0.1) is 30.4 Å². The van der Waals surface area contributed by atoms with Gasteiger partial charge in [-0.05, 0) is 18.6 Å². The Morgan fingerprint density at radius 2 is 2.00 bits per heavy atom. The molecule has 27 heavy (non-hydrogen) atoms. The van der Waals surface area contributed by atoms with Crippen LogP contribution in [0.15, 0.2) is 36.4 Å². The lowest BCUT2D eigenvalue weighted by Gasteiger charge is -2.27. The number of hydrogen-bond acceptors (Lipinski definition) is 4. The van der Waals surface area contributed by atoms with Crippen molar-refractivity contribution in [1.82, 2.24) is 20.0 Å². The van der Waals surface area contributed by atoms with Gasteiger partial charge < -0.3 is 10.4 Å². The fraction of sp³-hybridized carbons (Fsp3) is 0.450. The summed E-state index contributed by atoms with van der Waals surface area (Å²) >= 11 is 0. The van der Waals surface area contributed by atoms with Gasteiger partial charge in [-0.3, -0.25) is 19.2 Å². The molecule has 0 saturated heterocycles. The van der Waals surface area contributed by atoms with Crippen LogP contribution in [-0.2, 0) is 29.1 Å². The lowest BCUT2D eigenvalue weighted by atomic mass is 10.1. The van der Waals surface area contributed by atoms with Crippen molar-refractivity contribution in [3.8, 4) is 0 Å². The molecule has 0 bridgehead atoms. The van der Waals surface area contributed by atoms with E-state index in [4.69, 9.17) is 5.11 Å². The van der Waals surface area contributed by atoms with E-state index in [9.17, 15) is 9.59 Å². The highest BCUT2D eigenvalue weighted by atomic mass is 16.4. The van der Waals surface area contributed by atoms with Crippen molar-refractivity contribution in [2.24, 2.45) is 0 Å². The van der Waals surface area contributed by atoms with Crippen LogP contribution >= 0.6 is 0 Å². The fourth-order valence-corrected chi connectivity index (χ4v) is 3.33. The number of nitrogens with one attached hydrogen (secondary N) is 1. The van der Waals surface area contributed by atoms with Gasteiger partial charge in [0.15, 0.2) is 0 Å². The summed E-state index contributed by atoms with van der Waals surface area (Å²) in [4.78, 5) is 25.2. The number of benzene rings is 1. The molecule has 0 spiro atoms. The van der Waals surface area contributed by atoms with Gasteiger partial charge >= 0.3 is 5.97 Å². The van der Waals surface area contributed by atoms with E-state index >= 15 is 0 Å². The van der Waals surface area contributed by atoms with Gasteiger partial charge in [-0.15, -0.1) is 0 Å². The molecule has 1 amide bonds. The first-order chi connectivity index (χ1) is 13.0. The minimum absolute atomic E-state index is 0.00159. The summed E-state index contributed by atoms with van der Waals surface area (Å²) in [7, 11) is 0. The van der Waals surface area contributed by atoms with Crippen molar-refractivity contribution in [1.29, 1.82) is 0 Å². The molecule has 1 aliphatic rings. The summed E-state index contributed by atoms with van der Waals surface area (Å²) < 4.78 is 1.95. The van der Waals surface area contributed by atoms with Crippen molar-refractivity contribution < 1.29 is 14.7 Å². The summed E-state index contributed by atoms with van der Waals surface area (Å²) in [5, 5.41) is 16.3. The molecule has 144 valence electrons. The highest BCUT2D eigenvalue weighted by Crippen LogP contribution is 2.15.